The van der Waals surface area contributed by atoms with E-state index < -0.39 is 18.2 Å². The van der Waals surface area contributed by atoms with E-state index in [-0.39, 0.29) is 18.1 Å². The number of amides is 2. The molecule has 0 spiro atoms. The molecule has 0 unspecified atom stereocenters. The number of thioether (sulfide) groups is 1. The lowest BCUT2D eigenvalue weighted by Gasteiger charge is -2.19. The summed E-state index contributed by atoms with van der Waals surface area (Å²) in [4.78, 5) is 25.2. The highest BCUT2D eigenvalue weighted by Gasteiger charge is 2.19. The van der Waals surface area contributed by atoms with Crippen molar-refractivity contribution < 1.29 is 29.3 Å². The molecule has 2 aromatic carbocycles. The SMILES string of the molecule is CSc1ccc(OCC[C@@H](NC(=O)O)c2ccc(OC(=O)N(C)C)cc2O)cc1. The van der Waals surface area contributed by atoms with Crippen LogP contribution in [0.1, 0.15) is 18.0 Å². The molecule has 29 heavy (non-hydrogen) atoms. The first kappa shape index (κ1) is 22.2. The number of rotatable bonds is 8. The third-order valence-corrected chi connectivity index (χ3v) is 4.72. The summed E-state index contributed by atoms with van der Waals surface area (Å²) in [5.74, 6) is 0.647. The van der Waals surface area contributed by atoms with Crippen molar-refractivity contribution in [1.29, 1.82) is 0 Å². The van der Waals surface area contributed by atoms with E-state index in [1.54, 1.807) is 11.8 Å². The summed E-state index contributed by atoms with van der Waals surface area (Å²) in [6.07, 6.45) is 0.471. The first-order valence-corrected chi connectivity index (χ1v) is 10.0. The molecule has 0 heterocycles. The number of ether oxygens (including phenoxy) is 2. The minimum atomic E-state index is -1.22. The number of carbonyl (C=O) groups is 2. The van der Waals surface area contributed by atoms with Gasteiger partial charge in [0, 0.05) is 37.0 Å². The van der Waals surface area contributed by atoms with Crippen LogP contribution in [0.15, 0.2) is 47.4 Å². The highest BCUT2D eigenvalue weighted by atomic mass is 32.2. The number of nitrogens with one attached hydrogen (secondary N) is 1. The van der Waals surface area contributed by atoms with E-state index in [4.69, 9.17) is 14.6 Å². The average Bonchev–Trinajstić information content (AvgIpc) is 2.67. The van der Waals surface area contributed by atoms with E-state index >= 15 is 0 Å². The molecule has 0 saturated carbocycles. The standard InChI is InChI=1S/C20H24N2O6S/c1-22(2)20(26)28-14-6-9-16(18(23)12-14)17(21-19(24)25)10-11-27-13-4-7-15(29-3)8-5-13/h4-9,12,17,21,23H,10-11H2,1-3H3,(H,24,25)/t17-/m1/s1. The second kappa shape index (κ2) is 10.5. The van der Waals surface area contributed by atoms with Gasteiger partial charge in [-0.1, -0.05) is 0 Å². The van der Waals surface area contributed by atoms with Crippen molar-refractivity contribution in [1.82, 2.24) is 10.2 Å². The number of benzene rings is 2. The van der Waals surface area contributed by atoms with Crippen molar-refractivity contribution in [3.63, 3.8) is 0 Å². The Labute approximate surface area is 173 Å². The average molecular weight is 420 g/mol. The van der Waals surface area contributed by atoms with Crippen LogP contribution in [0.5, 0.6) is 17.2 Å². The number of nitrogens with zero attached hydrogens (tertiary/aromatic N) is 1. The van der Waals surface area contributed by atoms with Crippen molar-refractivity contribution in [2.75, 3.05) is 27.0 Å². The van der Waals surface area contributed by atoms with Gasteiger partial charge in [-0.2, -0.15) is 0 Å². The monoisotopic (exact) mass is 420 g/mol. The molecule has 2 rings (SSSR count). The Hall–Kier alpha value is -3.07. The van der Waals surface area contributed by atoms with Crippen LogP contribution in [0.4, 0.5) is 9.59 Å². The largest absolute Gasteiger partial charge is 0.507 e. The van der Waals surface area contributed by atoms with Crippen LogP contribution in [-0.4, -0.2) is 54.3 Å². The van der Waals surface area contributed by atoms with Gasteiger partial charge in [0.15, 0.2) is 0 Å². The Morgan fingerprint density at radius 2 is 1.79 bits per heavy atom. The van der Waals surface area contributed by atoms with Gasteiger partial charge in [0.2, 0.25) is 0 Å². The molecular weight excluding hydrogens is 396 g/mol. The summed E-state index contributed by atoms with van der Waals surface area (Å²) in [6, 6.07) is 11.1. The van der Waals surface area contributed by atoms with Gasteiger partial charge in [-0.05, 0) is 42.7 Å². The second-order valence-electron chi connectivity index (χ2n) is 6.30. The molecule has 3 N–H and O–H groups in total. The normalized spacial score (nSPS) is 11.4. The second-order valence-corrected chi connectivity index (χ2v) is 7.18. The van der Waals surface area contributed by atoms with Gasteiger partial charge in [-0.25, -0.2) is 9.59 Å². The van der Waals surface area contributed by atoms with Crippen molar-refractivity contribution in [3.8, 4) is 17.2 Å². The zero-order valence-electron chi connectivity index (χ0n) is 16.4. The van der Waals surface area contributed by atoms with E-state index in [1.165, 1.54) is 37.2 Å². The Morgan fingerprint density at radius 1 is 1.14 bits per heavy atom. The lowest BCUT2D eigenvalue weighted by molar-refractivity contribution is 0.172. The molecule has 156 valence electrons. The van der Waals surface area contributed by atoms with Gasteiger partial charge < -0.3 is 29.9 Å². The van der Waals surface area contributed by atoms with Crippen molar-refractivity contribution in [2.24, 2.45) is 0 Å². The maximum absolute atomic E-state index is 11.6. The maximum atomic E-state index is 11.6. The van der Waals surface area contributed by atoms with Gasteiger partial charge in [0.05, 0.1) is 12.6 Å². The number of carbonyl (C=O) groups excluding carboxylic acids is 1. The van der Waals surface area contributed by atoms with E-state index in [2.05, 4.69) is 5.32 Å². The number of phenols is 1. The van der Waals surface area contributed by atoms with Crippen LogP contribution < -0.4 is 14.8 Å². The molecule has 0 aliphatic rings. The fraction of sp³-hybridized carbons (Fsp3) is 0.300. The first-order valence-electron chi connectivity index (χ1n) is 8.78. The van der Waals surface area contributed by atoms with Gasteiger partial charge in [-0.3, -0.25) is 0 Å². The predicted molar refractivity (Wildman–Crippen MR) is 110 cm³/mol. The van der Waals surface area contributed by atoms with Crippen molar-refractivity contribution in [3.05, 3.63) is 48.0 Å². The van der Waals surface area contributed by atoms with Crippen molar-refractivity contribution in [2.45, 2.75) is 17.4 Å². The number of aromatic hydroxyl groups is 1. The van der Waals surface area contributed by atoms with E-state index in [0.29, 0.717) is 17.7 Å². The molecule has 0 aliphatic heterocycles. The Kier molecular flexibility index (Phi) is 8.02. The summed E-state index contributed by atoms with van der Waals surface area (Å²) in [5, 5.41) is 21.8. The maximum Gasteiger partial charge on any atom is 0.414 e. The summed E-state index contributed by atoms with van der Waals surface area (Å²) < 4.78 is 10.8. The lowest BCUT2D eigenvalue weighted by atomic mass is 10.0. The van der Waals surface area contributed by atoms with Crippen LogP contribution in [0.2, 0.25) is 0 Å². The molecule has 0 saturated heterocycles. The number of hydrogen-bond acceptors (Lipinski definition) is 6. The fourth-order valence-corrected chi connectivity index (χ4v) is 2.90. The van der Waals surface area contributed by atoms with Gasteiger partial charge in [-0.15, -0.1) is 11.8 Å². The molecule has 0 aromatic heterocycles. The number of hydrogen-bond donors (Lipinski definition) is 3. The predicted octanol–water partition coefficient (Wildman–Crippen LogP) is 3.95. The molecule has 2 aromatic rings. The van der Waals surface area contributed by atoms with Crippen LogP contribution in [0.3, 0.4) is 0 Å². The van der Waals surface area contributed by atoms with Crippen LogP contribution >= 0.6 is 11.8 Å². The molecule has 0 fully saturated rings. The quantitative estimate of drug-likeness (QED) is 0.555. The van der Waals surface area contributed by atoms with Crippen molar-refractivity contribution >= 4 is 23.9 Å². The molecule has 0 radical (unpaired) electrons. The van der Waals surface area contributed by atoms with Crippen LogP contribution in [0.25, 0.3) is 0 Å². The summed E-state index contributed by atoms with van der Waals surface area (Å²) >= 11 is 1.63. The molecular formula is C20H24N2O6S. The summed E-state index contributed by atoms with van der Waals surface area (Å²) in [7, 11) is 3.08. The smallest absolute Gasteiger partial charge is 0.414 e. The highest BCUT2D eigenvalue weighted by Crippen LogP contribution is 2.31. The molecule has 0 aliphatic carbocycles. The molecule has 9 heteroatoms. The molecule has 1 atom stereocenters. The summed E-state index contributed by atoms with van der Waals surface area (Å²) in [6.45, 7) is 0.236. The Morgan fingerprint density at radius 3 is 2.34 bits per heavy atom. The minimum Gasteiger partial charge on any atom is -0.507 e. The topological polar surface area (TPSA) is 108 Å². The van der Waals surface area contributed by atoms with E-state index in [9.17, 15) is 14.7 Å². The molecule has 2 amide bonds. The third-order valence-electron chi connectivity index (χ3n) is 3.98. The third kappa shape index (κ3) is 6.79. The van der Waals surface area contributed by atoms with Gasteiger partial charge >= 0.3 is 12.2 Å². The first-order chi connectivity index (χ1) is 13.8. The highest BCUT2D eigenvalue weighted by molar-refractivity contribution is 7.98. The Balaban J connectivity index is 2.06. The lowest BCUT2D eigenvalue weighted by Crippen LogP contribution is -2.28. The van der Waals surface area contributed by atoms with Crippen LogP contribution in [-0.2, 0) is 0 Å². The van der Waals surface area contributed by atoms with E-state index in [1.807, 2.05) is 30.5 Å². The van der Waals surface area contributed by atoms with Crippen LogP contribution in [0, 0.1) is 0 Å². The molecule has 8 nitrogen and oxygen atoms in total. The zero-order valence-corrected chi connectivity index (χ0v) is 17.2. The minimum absolute atomic E-state index is 0.157. The molecule has 0 bridgehead atoms. The summed E-state index contributed by atoms with van der Waals surface area (Å²) in [5.41, 5.74) is 0.360. The number of phenolic OH excluding ortho intramolecular Hbond substituents is 1. The van der Waals surface area contributed by atoms with Gasteiger partial charge in [0.1, 0.15) is 17.2 Å². The van der Waals surface area contributed by atoms with Gasteiger partial charge in [0.25, 0.3) is 0 Å². The van der Waals surface area contributed by atoms with E-state index in [0.717, 1.165) is 4.90 Å². The zero-order chi connectivity index (χ0) is 21.4. The number of carboxylic acid groups (broad SMARTS) is 1. The Bertz CT molecular complexity index is 841. The fourth-order valence-electron chi connectivity index (χ4n) is 2.49.